The Hall–Kier alpha value is -2.35. The quantitative estimate of drug-likeness (QED) is 0.198. The Morgan fingerprint density at radius 3 is 1.96 bits per heavy atom. The lowest BCUT2D eigenvalue weighted by Gasteiger charge is -2.49. The molecule has 0 spiro atoms. The normalized spacial score (nSPS) is 39.7. The molecule has 3 heterocycles. The zero-order valence-corrected chi connectivity index (χ0v) is 34.6. The van der Waals surface area contributed by atoms with Gasteiger partial charge in [0.1, 0.15) is 29.5 Å². The number of rotatable bonds is 9. The molecule has 3 aliphatic heterocycles. The molecule has 17 heteroatoms. The number of ether oxygens (including phenoxy) is 8. The van der Waals surface area contributed by atoms with E-state index in [-0.39, 0.29) is 25.7 Å². The second kappa shape index (κ2) is 17.6. The van der Waals surface area contributed by atoms with Crippen LogP contribution in [0.4, 0.5) is 9.59 Å². The van der Waals surface area contributed by atoms with Crippen molar-refractivity contribution >= 4 is 18.1 Å². The van der Waals surface area contributed by atoms with Gasteiger partial charge in [0.15, 0.2) is 24.5 Å². The molecule has 4 rings (SSSR count). The van der Waals surface area contributed by atoms with Gasteiger partial charge in [0, 0.05) is 5.92 Å². The second-order valence-corrected chi connectivity index (χ2v) is 18.2. The van der Waals surface area contributed by atoms with Crippen LogP contribution in [0.3, 0.4) is 0 Å². The van der Waals surface area contributed by atoms with E-state index in [0.29, 0.717) is 19.3 Å². The molecule has 3 amide bonds. The first-order valence-electron chi connectivity index (χ1n) is 19.6. The van der Waals surface area contributed by atoms with Gasteiger partial charge in [-0.15, -0.1) is 0 Å². The topological polar surface area (TPSA) is 222 Å². The molecule has 3 saturated heterocycles. The van der Waals surface area contributed by atoms with Crippen molar-refractivity contribution < 1.29 is 67.6 Å². The Balaban J connectivity index is 1.60. The van der Waals surface area contributed by atoms with Crippen molar-refractivity contribution in [1.82, 2.24) is 16.0 Å². The van der Waals surface area contributed by atoms with E-state index in [9.17, 15) is 29.7 Å². The summed E-state index contributed by atoms with van der Waals surface area (Å²) in [5.41, 5.74) is -2.86. The van der Waals surface area contributed by atoms with Gasteiger partial charge in [-0.25, -0.2) is 9.59 Å². The number of hydrogen-bond acceptors (Lipinski definition) is 14. The van der Waals surface area contributed by atoms with Crippen molar-refractivity contribution in [3.8, 4) is 0 Å². The third-order valence-corrected chi connectivity index (χ3v) is 10.4. The van der Waals surface area contributed by atoms with Crippen LogP contribution < -0.4 is 16.0 Å². The third-order valence-electron chi connectivity index (χ3n) is 10.4. The van der Waals surface area contributed by atoms with Crippen molar-refractivity contribution in [1.29, 1.82) is 0 Å². The van der Waals surface area contributed by atoms with Crippen LogP contribution in [0.25, 0.3) is 0 Å². The lowest BCUT2D eigenvalue weighted by atomic mass is 9.79. The third kappa shape index (κ3) is 12.3. The van der Waals surface area contributed by atoms with Gasteiger partial charge in [-0.3, -0.25) is 4.79 Å². The summed E-state index contributed by atoms with van der Waals surface area (Å²) in [6.45, 7) is 20.6. The molecule has 17 nitrogen and oxygen atoms in total. The van der Waals surface area contributed by atoms with Crippen molar-refractivity contribution in [3.63, 3.8) is 0 Å². The lowest BCUT2D eigenvalue weighted by Crippen LogP contribution is -2.67. The van der Waals surface area contributed by atoms with Crippen molar-refractivity contribution in [2.24, 2.45) is 11.8 Å². The molecule has 6 N–H and O–H groups in total. The van der Waals surface area contributed by atoms with E-state index in [1.165, 1.54) is 0 Å². The van der Waals surface area contributed by atoms with Crippen LogP contribution in [0.1, 0.15) is 109 Å². The summed E-state index contributed by atoms with van der Waals surface area (Å²) >= 11 is 0. The van der Waals surface area contributed by atoms with Crippen LogP contribution >= 0.6 is 0 Å². The number of alkyl carbamates (subject to hydrolysis) is 2. The Kier molecular flexibility index (Phi) is 14.6. The van der Waals surface area contributed by atoms with E-state index in [1.807, 2.05) is 13.8 Å². The molecule has 4 aliphatic rings. The summed E-state index contributed by atoms with van der Waals surface area (Å²) in [7, 11) is 0. The number of carbonyl (C=O) groups excluding carboxylic acids is 3. The molecule has 0 radical (unpaired) electrons. The molecule has 1 saturated carbocycles. The molecular weight excluding hydrogens is 722 g/mol. The van der Waals surface area contributed by atoms with Crippen LogP contribution in [0.2, 0.25) is 0 Å². The molecule has 0 bridgehead atoms. The first kappa shape index (κ1) is 45.4. The van der Waals surface area contributed by atoms with Crippen molar-refractivity contribution in [2.75, 3.05) is 13.2 Å². The van der Waals surface area contributed by atoms with Gasteiger partial charge in [0.05, 0.1) is 49.1 Å². The van der Waals surface area contributed by atoms with Gasteiger partial charge in [-0.05, 0) is 93.9 Å². The van der Waals surface area contributed by atoms with E-state index < -0.39 is 114 Å². The second-order valence-electron chi connectivity index (χ2n) is 18.2. The number of hydrogen-bond donors (Lipinski definition) is 6. The molecule has 55 heavy (non-hydrogen) atoms. The number of amides is 3. The number of aliphatic hydroxyl groups is 3. The number of carbonyl (C=O) groups is 3. The van der Waals surface area contributed by atoms with Crippen LogP contribution in [0, 0.1) is 11.8 Å². The smallest absolute Gasteiger partial charge is 0.408 e. The van der Waals surface area contributed by atoms with Crippen LogP contribution in [-0.4, -0.2) is 137 Å². The van der Waals surface area contributed by atoms with Crippen LogP contribution in [-0.2, 0) is 42.7 Å². The highest BCUT2D eigenvalue weighted by Crippen LogP contribution is 2.37. The van der Waals surface area contributed by atoms with Gasteiger partial charge < -0.3 is 69.2 Å². The maximum atomic E-state index is 14.2. The monoisotopic (exact) mass is 789 g/mol. The molecule has 318 valence electrons. The largest absolute Gasteiger partial charge is 0.444 e. The van der Waals surface area contributed by atoms with Crippen LogP contribution in [0.15, 0.2) is 0 Å². The van der Waals surface area contributed by atoms with Gasteiger partial charge in [-0.1, -0.05) is 20.8 Å². The summed E-state index contributed by atoms with van der Waals surface area (Å²) in [5, 5.41) is 42.6. The molecule has 1 aliphatic carbocycles. The minimum atomic E-state index is -1.42. The summed E-state index contributed by atoms with van der Waals surface area (Å²) in [6, 6.07) is -2.40. The molecule has 0 aromatic carbocycles. The number of aliphatic hydroxyl groups excluding tert-OH is 2. The maximum absolute atomic E-state index is 14.2. The lowest BCUT2D eigenvalue weighted by molar-refractivity contribution is -0.317. The first-order chi connectivity index (χ1) is 25.3. The molecular formula is C38H67N3O14. The Morgan fingerprint density at radius 1 is 0.800 bits per heavy atom. The summed E-state index contributed by atoms with van der Waals surface area (Å²) < 4.78 is 47.7. The fourth-order valence-electron chi connectivity index (χ4n) is 7.23. The van der Waals surface area contributed by atoms with E-state index in [2.05, 4.69) is 16.0 Å². The summed E-state index contributed by atoms with van der Waals surface area (Å²) in [6.07, 6.45) is -7.71. The molecule has 4 fully saturated rings. The highest BCUT2D eigenvalue weighted by molar-refractivity contribution is 5.83. The van der Waals surface area contributed by atoms with E-state index in [0.717, 1.165) is 0 Å². The Morgan fingerprint density at radius 2 is 1.38 bits per heavy atom. The van der Waals surface area contributed by atoms with E-state index >= 15 is 0 Å². The SMILES string of the molecule is CC[C@@H]1CCC(NC(=O)OC(C)(C)C)[C@@H](OC2C(O)C(O[C@H]3OCC(C)(O)[C@H](C)C3O)[C@H](NC(=O)[C@H]3OC(C)(C)OC[C@H]3NC(=O)OC(C)(C)C)C[C@@H]2C)O1. The highest BCUT2D eigenvalue weighted by Gasteiger charge is 2.52. The standard InChI is InChI=1S/C38H67N3O14/c1-13-21-14-15-22(40-33(45)54-35(4,5)6)31(50-21)51-27-19(2)16-23(28(26(27)43)52-32-25(42)20(3)38(12,47)18-48-32)39-30(44)29-24(17-49-37(10,11)53-29)41-34(46)55-36(7,8)9/h19-29,31-32,42-43,47H,13-18H2,1-12H3,(H,39,44)(H,40,45)(H,41,46)/t19-,20+,21+,22?,23+,24+,25?,26?,27?,28?,29-,31+,32+,38?/m0/s1. The fraction of sp³-hybridized carbons (Fsp3) is 0.921. The summed E-state index contributed by atoms with van der Waals surface area (Å²) in [4.78, 5) is 39.7. The Bertz CT molecular complexity index is 1320. The molecule has 14 atom stereocenters. The average Bonchev–Trinajstić information content (AvgIpc) is 3.04. The van der Waals surface area contributed by atoms with E-state index in [1.54, 1.807) is 69.2 Å². The minimum absolute atomic E-state index is 0.0531. The predicted molar refractivity (Wildman–Crippen MR) is 196 cm³/mol. The predicted octanol–water partition coefficient (Wildman–Crippen LogP) is 2.60. The van der Waals surface area contributed by atoms with Crippen LogP contribution in [0.5, 0.6) is 0 Å². The minimum Gasteiger partial charge on any atom is -0.444 e. The van der Waals surface area contributed by atoms with Gasteiger partial charge in [-0.2, -0.15) is 0 Å². The van der Waals surface area contributed by atoms with Crippen molar-refractivity contribution in [2.45, 2.75) is 199 Å². The molecule has 0 aromatic heterocycles. The van der Waals surface area contributed by atoms with Gasteiger partial charge >= 0.3 is 12.2 Å². The Labute approximate surface area is 325 Å². The molecule has 0 aromatic rings. The summed E-state index contributed by atoms with van der Waals surface area (Å²) in [5.74, 6) is -2.85. The van der Waals surface area contributed by atoms with Gasteiger partial charge in [0.25, 0.3) is 5.91 Å². The van der Waals surface area contributed by atoms with E-state index in [4.69, 9.17) is 37.9 Å². The van der Waals surface area contributed by atoms with Gasteiger partial charge in [0.2, 0.25) is 0 Å². The fourth-order valence-corrected chi connectivity index (χ4v) is 7.23. The number of nitrogens with one attached hydrogen (secondary N) is 3. The molecule has 6 unspecified atom stereocenters. The average molecular weight is 790 g/mol. The zero-order valence-electron chi connectivity index (χ0n) is 34.6. The highest BCUT2D eigenvalue weighted by atomic mass is 16.7. The maximum Gasteiger partial charge on any atom is 0.408 e. The first-order valence-corrected chi connectivity index (χ1v) is 19.6. The van der Waals surface area contributed by atoms with Crippen molar-refractivity contribution in [3.05, 3.63) is 0 Å². The zero-order chi connectivity index (χ0) is 41.3.